The van der Waals surface area contributed by atoms with Gasteiger partial charge in [-0.2, -0.15) is 0 Å². The topological polar surface area (TPSA) is 62.5 Å². The van der Waals surface area contributed by atoms with E-state index in [1.54, 1.807) is 10.8 Å². The van der Waals surface area contributed by atoms with Crippen LogP contribution in [0.4, 0.5) is 0 Å². The first kappa shape index (κ1) is 13.8. The molecule has 1 saturated carbocycles. The van der Waals surface area contributed by atoms with Crippen LogP contribution in [0.25, 0.3) is 0 Å². The predicted octanol–water partition coefficient (Wildman–Crippen LogP) is 1.87. The van der Waals surface area contributed by atoms with Crippen LogP contribution in [0, 0.1) is 0 Å². The fourth-order valence-corrected chi connectivity index (χ4v) is 2.66. The zero-order valence-corrected chi connectivity index (χ0v) is 11.6. The summed E-state index contributed by atoms with van der Waals surface area (Å²) in [6.45, 7) is 2.07. The zero-order chi connectivity index (χ0) is 14.2. The highest BCUT2D eigenvalue weighted by Crippen LogP contribution is 2.38. The molecule has 1 aliphatic rings. The molecule has 0 amide bonds. The summed E-state index contributed by atoms with van der Waals surface area (Å²) in [5, 5.41) is 9.24. The number of hydrogen-bond acceptors (Lipinski definition) is 3. The molecular formula is C14H20N2O3. The van der Waals surface area contributed by atoms with Crippen LogP contribution in [0.1, 0.15) is 47.0 Å². The molecule has 0 saturated heterocycles. The van der Waals surface area contributed by atoms with Crippen molar-refractivity contribution in [2.75, 3.05) is 14.1 Å². The van der Waals surface area contributed by atoms with Crippen molar-refractivity contribution in [3.63, 3.8) is 0 Å². The molecule has 0 atom stereocenters. The third-order valence-electron chi connectivity index (χ3n) is 4.22. The van der Waals surface area contributed by atoms with Gasteiger partial charge in [-0.05, 0) is 46.3 Å². The molecule has 1 N–H and O–H groups in total. The van der Waals surface area contributed by atoms with Gasteiger partial charge in [-0.25, -0.2) is 4.79 Å². The Hall–Kier alpha value is -1.62. The van der Waals surface area contributed by atoms with E-state index >= 15 is 0 Å². The van der Waals surface area contributed by atoms with Gasteiger partial charge >= 0.3 is 5.97 Å². The molecule has 5 heteroatoms. The van der Waals surface area contributed by atoms with Crippen molar-refractivity contribution >= 4 is 11.8 Å². The van der Waals surface area contributed by atoms with Crippen LogP contribution in [0.3, 0.4) is 0 Å². The van der Waals surface area contributed by atoms with Crippen LogP contribution in [0.5, 0.6) is 0 Å². The van der Waals surface area contributed by atoms with Gasteiger partial charge in [0, 0.05) is 23.8 Å². The summed E-state index contributed by atoms with van der Waals surface area (Å²) in [4.78, 5) is 24.8. The van der Waals surface area contributed by atoms with E-state index in [0.717, 1.165) is 12.8 Å². The second kappa shape index (κ2) is 4.81. The molecule has 1 fully saturated rings. The number of rotatable bonds is 5. The van der Waals surface area contributed by atoms with Gasteiger partial charge in [0.1, 0.15) is 5.69 Å². The number of carboxylic acids is 1. The van der Waals surface area contributed by atoms with Gasteiger partial charge in [-0.1, -0.05) is 0 Å². The van der Waals surface area contributed by atoms with Crippen LogP contribution < -0.4 is 0 Å². The monoisotopic (exact) mass is 264 g/mol. The van der Waals surface area contributed by atoms with E-state index in [1.165, 1.54) is 19.4 Å². The van der Waals surface area contributed by atoms with Crippen molar-refractivity contribution < 1.29 is 14.7 Å². The molecule has 1 heterocycles. The average molecular weight is 264 g/mol. The van der Waals surface area contributed by atoms with Gasteiger partial charge in [0.05, 0.1) is 0 Å². The molecular weight excluding hydrogens is 244 g/mol. The second-order valence-electron chi connectivity index (χ2n) is 5.58. The maximum absolute atomic E-state index is 11.4. The average Bonchev–Trinajstić information content (AvgIpc) is 2.66. The lowest BCUT2D eigenvalue weighted by atomic mass is 9.75. The van der Waals surface area contributed by atoms with Crippen LogP contribution in [-0.2, 0) is 6.54 Å². The highest BCUT2D eigenvalue weighted by atomic mass is 16.4. The number of aromatic carboxylic acids is 1. The molecule has 0 unspecified atom stereocenters. The number of hydrogen-bond donors (Lipinski definition) is 1. The second-order valence-corrected chi connectivity index (χ2v) is 5.58. The Morgan fingerprint density at radius 1 is 1.42 bits per heavy atom. The van der Waals surface area contributed by atoms with E-state index < -0.39 is 5.97 Å². The van der Waals surface area contributed by atoms with Crippen LogP contribution in [-0.4, -0.2) is 46.0 Å². The minimum Gasteiger partial charge on any atom is -0.477 e. The normalized spacial score (nSPS) is 17.3. The van der Waals surface area contributed by atoms with Gasteiger partial charge in [0.25, 0.3) is 0 Å². The van der Waals surface area contributed by atoms with Crippen LogP contribution in [0.2, 0.25) is 0 Å². The molecule has 0 aliphatic heterocycles. The minimum atomic E-state index is -0.985. The first-order valence-corrected chi connectivity index (χ1v) is 6.47. The number of likely N-dealkylation sites (N-methyl/N-ethyl adjacent to an activating group) is 1. The third kappa shape index (κ3) is 2.42. The number of nitrogens with zero attached hydrogens (tertiary/aromatic N) is 2. The highest BCUT2D eigenvalue weighted by Gasteiger charge is 2.40. The summed E-state index contributed by atoms with van der Waals surface area (Å²) >= 11 is 0. The van der Waals surface area contributed by atoms with Crippen LogP contribution in [0.15, 0.2) is 12.3 Å². The Morgan fingerprint density at radius 2 is 2.05 bits per heavy atom. The van der Waals surface area contributed by atoms with E-state index in [0.29, 0.717) is 12.1 Å². The third-order valence-corrected chi connectivity index (χ3v) is 4.22. The molecule has 0 spiro atoms. The van der Waals surface area contributed by atoms with Crippen molar-refractivity contribution in [2.45, 2.75) is 38.3 Å². The molecule has 104 valence electrons. The van der Waals surface area contributed by atoms with Gasteiger partial charge in [0.2, 0.25) is 0 Å². The molecule has 1 aromatic heterocycles. The van der Waals surface area contributed by atoms with E-state index in [2.05, 4.69) is 4.90 Å². The van der Waals surface area contributed by atoms with E-state index in [9.17, 15) is 14.7 Å². The van der Waals surface area contributed by atoms with Crippen molar-refractivity contribution in [3.8, 4) is 0 Å². The highest BCUT2D eigenvalue weighted by molar-refractivity contribution is 5.97. The standard InChI is InChI=1S/C14H20N2O3/c1-10(17)11-7-12(13(18)19)16(8-11)9-14(15(2)3)5-4-6-14/h7-8H,4-6,9H2,1-3H3,(H,18,19). The lowest BCUT2D eigenvalue weighted by Crippen LogP contribution is -2.53. The summed E-state index contributed by atoms with van der Waals surface area (Å²) in [6.07, 6.45) is 4.95. The fourth-order valence-electron chi connectivity index (χ4n) is 2.66. The van der Waals surface area contributed by atoms with E-state index in [1.807, 2.05) is 14.1 Å². The van der Waals surface area contributed by atoms with Gasteiger partial charge in [0.15, 0.2) is 5.78 Å². The quantitative estimate of drug-likeness (QED) is 0.825. The first-order valence-electron chi connectivity index (χ1n) is 6.47. The van der Waals surface area contributed by atoms with Crippen LogP contribution >= 0.6 is 0 Å². The summed E-state index contributed by atoms with van der Waals surface area (Å²) < 4.78 is 1.71. The number of carbonyl (C=O) groups is 2. The summed E-state index contributed by atoms with van der Waals surface area (Å²) in [5.74, 6) is -1.09. The predicted molar refractivity (Wildman–Crippen MR) is 71.7 cm³/mol. The molecule has 1 aromatic rings. The smallest absolute Gasteiger partial charge is 0.352 e. The first-order chi connectivity index (χ1) is 8.85. The van der Waals surface area contributed by atoms with Crippen molar-refractivity contribution in [1.82, 2.24) is 9.47 Å². The Morgan fingerprint density at radius 3 is 2.42 bits per heavy atom. The maximum atomic E-state index is 11.4. The SMILES string of the molecule is CC(=O)c1cc(C(=O)O)n(CC2(N(C)C)CCC2)c1. The van der Waals surface area contributed by atoms with Gasteiger partial charge in [-0.15, -0.1) is 0 Å². The lowest BCUT2D eigenvalue weighted by Gasteiger charge is -2.47. The molecule has 19 heavy (non-hydrogen) atoms. The molecule has 0 bridgehead atoms. The summed E-state index contributed by atoms with van der Waals surface area (Å²) in [6, 6.07) is 1.46. The Kier molecular flexibility index (Phi) is 3.49. The number of ketones is 1. The Bertz CT molecular complexity index is 513. The van der Waals surface area contributed by atoms with Crippen molar-refractivity contribution in [3.05, 3.63) is 23.5 Å². The fraction of sp³-hybridized carbons (Fsp3) is 0.571. The Labute approximate surface area is 112 Å². The number of aromatic nitrogens is 1. The number of Topliss-reactive ketones (excluding diaryl/α,β-unsaturated/α-hetero) is 1. The number of carboxylic acid groups (broad SMARTS) is 1. The number of carbonyl (C=O) groups excluding carboxylic acids is 1. The largest absolute Gasteiger partial charge is 0.477 e. The van der Waals surface area contributed by atoms with Crippen molar-refractivity contribution in [2.24, 2.45) is 0 Å². The minimum absolute atomic E-state index is 0.0251. The lowest BCUT2D eigenvalue weighted by molar-refractivity contribution is 0.0401. The van der Waals surface area contributed by atoms with E-state index in [4.69, 9.17) is 0 Å². The molecule has 1 aliphatic carbocycles. The van der Waals surface area contributed by atoms with E-state index in [-0.39, 0.29) is 17.0 Å². The molecule has 5 nitrogen and oxygen atoms in total. The molecule has 0 radical (unpaired) electrons. The summed E-state index contributed by atoms with van der Waals surface area (Å²) in [5.41, 5.74) is 0.682. The Balaban J connectivity index is 2.33. The van der Waals surface area contributed by atoms with Gasteiger partial charge < -0.3 is 14.6 Å². The molecule has 2 rings (SSSR count). The molecule has 0 aromatic carbocycles. The zero-order valence-electron chi connectivity index (χ0n) is 11.6. The summed E-state index contributed by atoms with van der Waals surface area (Å²) in [7, 11) is 4.05. The van der Waals surface area contributed by atoms with Crippen molar-refractivity contribution in [1.29, 1.82) is 0 Å². The van der Waals surface area contributed by atoms with Gasteiger partial charge in [-0.3, -0.25) is 4.79 Å². The maximum Gasteiger partial charge on any atom is 0.352 e.